The van der Waals surface area contributed by atoms with Crippen LogP contribution in [-0.2, 0) is 4.79 Å². The van der Waals surface area contributed by atoms with Crippen molar-refractivity contribution in [3.8, 4) is 0 Å². The lowest BCUT2D eigenvalue weighted by Gasteiger charge is -2.04. The number of carbonyl (C=O) groups excluding carboxylic acids is 1. The van der Waals surface area contributed by atoms with Gasteiger partial charge >= 0.3 is 0 Å². The summed E-state index contributed by atoms with van der Waals surface area (Å²) in [6.07, 6.45) is 5.37. The number of hydrogen-bond acceptors (Lipinski definition) is 2. The number of aromatic nitrogens is 1. The summed E-state index contributed by atoms with van der Waals surface area (Å²) in [6, 6.07) is 1.78. The highest BCUT2D eigenvalue weighted by Crippen LogP contribution is 2.31. The van der Waals surface area contributed by atoms with Crippen molar-refractivity contribution in [2.75, 3.05) is 5.32 Å². The summed E-state index contributed by atoms with van der Waals surface area (Å²) in [5.41, 5.74) is 0.798. The van der Waals surface area contributed by atoms with Gasteiger partial charge in [0, 0.05) is 18.3 Å². The Hall–Kier alpha value is -0.900. The summed E-state index contributed by atoms with van der Waals surface area (Å²) in [6.45, 7) is 0. The van der Waals surface area contributed by atoms with Gasteiger partial charge in [-0.15, -0.1) is 0 Å². The summed E-state index contributed by atoms with van der Waals surface area (Å²) < 4.78 is 0.823. The van der Waals surface area contributed by atoms with Gasteiger partial charge in [-0.1, -0.05) is 0 Å². The molecular weight excluding hydrogens is 232 g/mol. The molecule has 0 unspecified atom stereocenters. The van der Waals surface area contributed by atoms with E-state index in [4.69, 9.17) is 0 Å². The second kappa shape index (κ2) is 3.46. The van der Waals surface area contributed by atoms with Gasteiger partial charge in [-0.3, -0.25) is 9.78 Å². The smallest absolute Gasteiger partial charge is 0.227 e. The molecule has 13 heavy (non-hydrogen) atoms. The third kappa shape index (κ3) is 2.06. The molecule has 1 fully saturated rings. The van der Waals surface area contributed by atoms with Crippen molar-refractivity contribution >= 4 is 27.5 Å². The average Bonchev–Trinajstić information content (AvgIpc) is 2.91. The van der Waals surface area contributed by atoms with Crippen molar-refractivity contribution < 1.29 is 4.79 Å². The lowest BCUT2D eigenvalue weighted by molar-refractivity contribution is -0.117. The van der Waals surface area contributed by atoms with Crippen molar-refractivity contribution in [3.05, 3.63) is 22.9 Å². The summed E-state index contributed by atoms with van der Waals surface area (Å²) in [7, 11) is 0. The molecule has 1 heterocycles. The van der Waals surface area contributed by atoms with Crippen LogP contribution in [0.25, 0.3) is 0 Å². The van der Waals surface area contributed by atoms with Crippen LogP contribution < -0.4 is 5.32 Å². The number of anilines is 1. The Morgan fingerprint density at radius 3 is 3.00 bits per heavy atom. The van der Waals surface area contributed by atoms with Crippen LogP contribution in [0.4, 0.5) is 5.69 Å². The largest absolute Gasteiger partial charge is 0.325 e. The standard InChI is InChI=1S/C9H9BrN2O/c10-7-5-11-4-3-8(7)12-9(13)6-1-2-6/h3-6H,1-2H2,(H,11,12,13). The van der Waals surface area contributed by atoms with Gasteiger partial charge in [0.05, 0.1) is 10.2 Å². The van der Waals surface area contributed by atoms with Crippen LogP contribution in [0.3, 0.4) is 0 Å². The van der Waals surface area contributed by atoms with Crippen molar-refractivity contribution in [3.63, 3.8) is 0 Å². The Kier molecular flexibility index (Phi) is 2.31. The molecule has 0 bridgehead atoms. The van der Waals surface area contributed by atoms with Gasteiger partial charge in [0.2, 0.25) is 5.91 Å². The van der Waals surface area contributed by atoms with Crippen LogP contribution in [-0.4, -0.2) is 10.9 Å². The predicted octanol–water partition coefficient (Wildman–Crippen LogP) is 2.19. The van der Waals surface area contributed by atoms with Crippen LogP contribution in [0.2, 0.25) is 0 Å². The molecule has 0 aromatic carbocycles. The molecule has 0 spiro atoms. The van der Waals surface area contributed by atoms with Crippen molar-refractivity contribution in [2.24, 2.45) is 5.92 Å². The van der Waals surface area contributed by atoms with Crippen molar-refractivity contribution in [1.82, 2.24) is 4.98 Å². The Morgan fingerprint density at radius 1 is 1.62 bits per heavy atom. The highest BCUT2D eigenvalue weighted by Gasteiger charge is 2.29. The van der Waals surface area contributed by atoms with E-state index in [1.54, 1.807) is 18.5 Å². The average molecular weight is 241 g/mol. The molecule has 1 N–H and O–H groups in total. The van der Waals surface area contributed by atoms with Crippen LogP contribution in [0.1, 0.15) is 12.8 Å². The van der Waals surface area contributed by atoms with Gasteiger partial charge in [0.15, 0.2) is 0 Å². The molecule has 3 nitrogen and oxygen atoms in total. The molecule has 1 amide bonds. The minimum atomic E-state index is 0.118. The maximum Gasteiger partial charge on any atom is 0.227 e. The second-order valence-electron chi connectivity index (χ2n) is 3.12. The molecule has 1 saturated carbocycles. The number of nitrogens with zero attached hydrogens (tertiary/aromatic N) is 1. The number of carbonyl (C=O) groups is 1. The zero-order valence-corrected chi connectivity index (χ0v) is 8.54. The molecule has 68 valence electrons. The van der Waals surface area contributed by atoms with Crippen LogP contribution >= 0.6 is 15.9 Å². The van der Waals surface area contributed by atoms with Gasteiger partial charge in [-0.25, -0.2) is 0 Å². The lowest BCUT2D eigenvalue weighted by Crippen LogP contribution is -2.13. The molecule has 1 aliphatic carbocycles. The van der Waals surface area contributed by atoms with Gasteiger partial charge < -0.3 is 5.32 Å². The molecule has 0 aliphatic heterocycles. The van der Waals surface area contributed by atoms with Crippen LogP contribution in [0.5, 0.6) is 0 Å². The highest BCUT2D eigenvalue weighted by atomic mass is 79.9. The number of rotatable bonds is 2. The number of pyridine rings is 1. The van der Waals surface area contributed by atoms with Gasteiger partial charge in [0.25, 0.3) is 0 Å². The fourth-order valence-corrected chi connectivity index (χ4v) is 1.41. The first-order valence-corrected chi connectivity index (χ1v) is 4.97. The lowest BCUT2D eigenvalue weighted by atomic mass is 10.3. The molecule has 4 heteroatoms. The minimum Gasteiger partial charge on any atom is -0.325 e. The number of hydrogen-bond donors (Lipinski definition) is 1. The molecule has 0 atom stereocenters. The summed E-state index contributed by atoms with van der Waals surface area (Å²) in [5.74, 6) is 0.354. The van der Waals surface area contributed by atoms with Crippen LogP contribution in [0, 0.1) is 5.92 Å². The third-order valence-corrected chi connectivity index (χ3v) is 2.61. The number of halogens is 1. The van der Waals surface area contributed by atoms with Gasteiger partial charge in [-0.2, -0.15) is 0 Å². The maximum absolute atomic E-state index is 11.4. The molecule has 0 radical (unpaired) electrons. The molecule has 1 aliphatic rings. The van der Waals surface area contributed by atoms with E-state index >= 15 is 0 Å². The Balaban J connectivity index is 2.08. The predicted molar refractivity (Wildman–Crippen MR) is 53.3 cm³/mol. The van der Waals surface area contributed by atoms with E-state index in [-0.39, 0.29) is 11.8 Å². The maximum atomic E-state index is 11.4. The normalized spacial score (nSPS) is 15.5. The minimum absolute atomic E-state index is 0.118. The molecule has 1 aromatic rings. The van der Waals surface area contributed by atoms with Crippen LogP contribution in [0.15, 0.2) is 22.9 Å². The summed E-state index contributed by atoms with van der Waals surface area (Å²) in [4.78, 5) is 15.3. The number of nitrogens with one attached hydrogen (secondary N) is 1. The van der Waals surface area contributed by atoms with E-state index < -0.39 is 0 Å². The summed E-state index contributed by atoms with van der Waals surface area (Å²) in [5, 5.41) is 2.85. The highest BCUT2D eigenvalue weighted by molar-refractivity contribution is 9.10. The monoisotopic (exact) mass is 240 g/mol. The summed E-state index contributed by atoms with van der Waals surface area (Å²) >= 11 is 3.32. The van der Waals surface area contributed by atoms with E-state index in [0.717, 1.165) is 23.0 Å². The Morgan fingerprint density at radius 2 is 2.38 bits per heavy atom. The Bertz CT molecular complexity index is 336. The van der Waals surface area contributed by atoms with Gasteiger partial charge in [-0.05, 0) is 34.8 Å². The molecular formula is C9H9BrN2O. The van der Waals surface area contributed by atoms with E-state index in [2.05, 4.69) is 26.2 Å². The first-order chi connectivity index (χ1) is 6.27. The third-order valence-electron chi connectivity index (χ3n) is 1.98. The number of amides is 1. The first kappa shape index (κ1) is 8.69. The SMILES string of the molecule is O=C(Nc1ccncc1Br)C1CC1. The fourth-order valence-electron chi connectivity index (χ4n) is 1.06. The second-order valence-corrected chi connectivity index (χ2v) is 3.97. The fraction of sp³-hybridized carbons (Fsp3) is 0.333. The molecule has 0 saturated heterocycles. The van der Waals surface area contributed by atoms with Crippen molar-refractivity contribution in [2.45, 2.75) is 12.8 Å². The first-order valence-electron chi connectivity index (χ1n) is 4.18. The van der Waals surface area contributed by atoms with E-state index in [1.807, 2.05) is 0 Å². The zero-order valence-electron chi connectivity index (χ0n) is 6.96. The van der Waals surface area contributed by atoms with E-state index in [0.29, 0.717) is 0 Å². The zero-order chi connectivity index (χ0) is 9.26. The molecule has 2 rings (SSSR count). The quantitative estimate of drug-likeness (QED) is 0.862. The van der Waals surface area contributed by atoms with E-state index in [1.165, 1.54) is 0 Å². The molecule has 1 aromatic heterocycles. The Labute approximate surface area is 84.7 Å². The van der Waals surface area contributed by atoms with Crippen molar-refractivity contribution in [1.29, 1.82) is 0 Å². The van der Waals surface area contributed by atoms with Gasteiger partial charge in [0.1, 0.15) is 0 Å². The van der Waals surface area contributed by atoms with E-state index in [9.17, 15) is 4.79 Å². The topological polar surface area (TPSA) is 42.0 Å².